The van der Waals surface area contributed by atoms with E-state index in [1.165, 1.54) is 17.0 Å². The van der Waals surface area contributed by atoms with Crippen molar-refractivity contribution >= 4 is 29.1 Å². The molecule has 3 nitrogen and oxygen atoms in total. The van der Waals surface area contributed by atoms with Crippen molar-refractivity contribution in [3.8, 4) is 6.07 Å². The third-order valence-electron chi connectivity index (χ3n) is 4.05. The van der Waals surface area contributed by atoms with Crippen LogP contribution in [0.5, 0.6) is 0 Å². The van der Waals surface area contributed by atoms with Crippen LogP contribution in [-0.4, -0.2) is 16.7 Å². The zero-order chi connectivity index (χ0) is 18.6. The van der Waals surface area contributed by atoms with Gasteiger partial charge in [-0.2, -0.15) is 5.26 Å². The summed E-state index contributed by atoms with van der Waals surface area (Å²) in [5.74, 6) is -0.988. The lowest BCUT2D eigenvalue weighted by Crippen LogP contribution is -2.32. The Balaban J connectivity index is 2.37. The number of amides is 1. The summed E-state index contributed by atoms with van der Waals surface area (Å²) < 4.78 is 14.1. The number of carbonyl (C=O) groups excluding carboxylic acids is 1. The Hall–Kier alpha value is -2.09. The molecule has 0 bridgehead atoms. The van der Waals surface area contributed by atoms with E-state index in [2.05, 4.69) is 6.07 Å². The molecule has 2 aromatic carbocycles. The summed E-state index contributed by atoms with van der Waals surface area (Å²) in [5, 5.41) is 9.32. The van der Waals surface area contributed by atoms with Crippen molar-refractivity contribution in [1.82, 2.24) is 4.90 Å². The Morgan fingerprint density at radius 1 is 1.20 bits per heavy atom. The second-order valence-electron chi connectivity index (χ2n) is 5.78. The molecule has 2 rings (SSSR count). The SMILES string of the molecule is Cc1cc(C#N)cc(C)c1CN(Cc1c(F)cccc1Cl)C(=O)CCl. The fourth-order valence-electron chi connectivity index (χ4n) is 2.69. The number of rotatable bonds is 5. The largest absolute Gasteiger partial charge is 0.333 e. The summed E-state index contributed by atoms with van der Waals surface area (Å²) >= 11 is 11.8. The number of hydrogen-bond donors (Lipinski definition) is 0. The lowest BCUT2D eigenvalue weighted by Gasteiger charge is -2.25. The van der Waals surface area contributed by atoms with Crippen LogP contribution in [0.25, 0.3) is 0 Å². The highest BCUT2D eigenvalue weighted by atomic mass is 35.5. The summed E-state index contributed by atoms with van der Waals surface area (Å²) in [5.41, 5.74) is 3.51. The number of halogens is 3. The van der Waals surface area contributed by atoms with Crippen LogP contribution in [0.2, 0.25) is 5.02 Å². The van der Waals surface area contributed by atoms with Gasteiger partial charge in [-0.3, -0.25) is 4.79 Å². The third kappa shape index (κ3) is 4.50. The summed E-state index contributed by atoms with van der Waals surface area (Å²) in [6.07, 6.45) is 0. The molecule has 0 saturated heterocycles. The molecule has 0 unspecified atom stereocenters. The van der Waals surface area contributed by atoms with Gasteiger partial charge >= 0.3 is 0 Å². The Labute approximate surface area is 156 Å². The zero-order valence-electron chi connectivity index (χ0n) is 13.9. The Morgan fingerprint density at radius 2 is 1.80 bits per heavy atom. The molecule has 130 valence electrons. The molecule has 0 radical (unpaired) electrons. The first-order valence-electron chi connectivity index (χ1n) is 7.64. The molecule has 0 aliphatic heterocycles. The van der Waals surface area contributed by atoms with Crippen molar-refractivity contribution in [3.05, 3.63) is 69.0 Å². The molecule has 6 heteroatoms. The fourth-order valence-corrected chi connectivity index (χ4v) is 3.08. The lowest BCUT2D eigenvalue weighted by molar-refractivity contribution is -0.129. The molecule has 2 aromatic rings. The maximum absolute atomic E-state index is 14.1. The lowest BCUT2D eigenvalue weighted by atomic mass is 9.99. The van der Waals surface area contributed by atoms with Crippen molar-refractivity contribution < 1.29 is 9.18 Å². The second kappa shape index (κ2) is 8.33. The van der Waals surface area contributed by atoms with Crippen molar-refractivity contribution in [3.63, 3.8) is 0 Å². The average Bonchev–Trinajstić information content (AvgIpc) is 2.58. The highest BCUT2D eigenvalue weighted by Crippen LogP contribution is 2.24. The fraction of sp³-hybridized carbons (Fsp3) is 0.263. The van der Waals surface area contributed by atoms with Crippen molar-refractivity contribution in [2.24, 2.45) is 0 Å². The number of nitrogens with zero attached hydrogens (tertiary/aromatic N) is 2. The maximum Gasteiger partial charge on any atom is 0.238 e. The minimum absolute atomic E-state index is 0.0238. The summed E-state index contributed by atoms with van der Waals surface area (Å²) in [6, 6.07) is 10.1. The molecule has 25 heavy (non-hydrogen) atoms. The molecule has 0 spiro atoms. The van der Waals surface area contributed by atoms with E-state index >= 15 is 0 Å². The minimum atomic E-state index is -0.465. The van der Waals surface area contributed by atoms with Crippen molar-refractivity contribution in [2.75, 3.05) is 5.88 Å². The van der Waals surface area contributed by atoms with Crippen LogP contribution in [0.4, 0.5) is 4.39 Å². The van der Waals surface area contributed by atoms with Gasteiger partial charge < -0.3 is 4.90 Å². The average molecular weight is 379 g/mol. The highest BCUT2D eigenvalue weighted by molar-refractivity contribution is 6.31. The smallest absolute Gasteiger partial charge is 0.238 e. The van der Waals surface area contributed by atoms with E-state index in [-0.39, 0.29) is 35.5 Å². The van der Waals surface area contributed by atoms with Gasteiger partial charge in [-0.15, -0.1) is 11.6 Å². The van der Waals surface area contributed by atoms with Gasteiger partial charge in [-0.05, 0) is 54.8 Å². The molecule has 0 atom stereocenters. The number of benzene rings is 2. The van der Waals surface area contributed by atoms with Crippen molar-refractivity contribution in [1.29, 1.82) is 5.26 Å². The van der Waals surface area contributed by atoms with Gasteiger partial charge in [-0.1, -0.05) is 17.7 Å². The van der Waals surface area contributed by atoms with E-state index in [4.69, 9.17) is 28.5 Å². The van der Waals surface area contributed by atoms with Gasteiger partial charge in [0.05, 0.1) is 18.2 Å². The van der Waals surface area contributed by atoms with Gasteiger partial charge in [0.1, 0.15) is 11.7 Å². The van der Waals surface area contributed by atoms with Crippen LogP contribution in [0.1, 0.15) is 27.8 Å². The number of alkyl halides is 1. The van der Waals surface area contributed by atoms with Crippen LogP contribution in [0.3, 0.4) is 0 Å². The van der Waals surface area contributed by atoms with E-state index in [0.717, 1.165) is 16.7 Å². The molecule has 0 N–H and O–H groups in total. The Kier molecular flexibility index (Phi) is 6.41. The topological polar surface area (TPSA) is 44.1 Å². The third-order valence-corrected chi connectivity index (χ3v) is 4.63. The maximum atomic E-state index is 14.1. The van der Waals surface area contributed by atoms with Crippen LogP contribution >= 0.6 is 23.2 Å². The van der Waals surface area contributed by atoms with E-state index < -0.39 is 5.82 Å². The van der Waals surface area contributed by atoms with Crippen LogP contribution in [0.15, 0.2) is 30.3 Å². The van der Waals surface area contributed by atoms with E-state index in [9.17, 15) is 9.18 Å². The molecular weight excluding hydrogens is 362 g/mol. The first-order chi connectivity index (χ1) is 11.9. The first-order valence-corrected chi connectivity index (χ1v) is 8.55. The molecule has 0 aromatic heterocycles. The first kappa shape index (κ1) is 19.2. The monoisotopic (exact) mass is 378 g/mol. The van der Waals surface area contributed by atoms with Gasteiger partial charge in [0.15, 0.2) is 0 Å². The zero-order valence-corrected chi connectivity index (χ0v) is 15.5. The standard InChI is InChI=1S/C19H17Cl2FN2O/c1-12-6-14(9-23)7-13(2)15(12)10-24(19(25)8-20)11-16-17(21)4-3-5-18(16)22/h3-7H,8,10-11H2,1-2H3. The highest BCUT2D eigenvalue weighted by Gasteiger charge is 2.19. The number of hydrogen-bond acceptors (Lipinski definition) is 2. The van der Waals surface area contributed by atoms with Crippen LogP contribution < -0.4 is 0 Å². The molecule has 0 saturated carbocycles. The molecule has 1 amide bonds. The number of carbonyl (C=O) groups is 1. The normalized spacial score (nSPS) is 10.4. The predicted octanol–water partition coefficient (Wildman–Crippen LogP) is 4.74. The van der Waals surface area contributed by atoms with E-state index in [1.54, 1.807) is 18.2 Å². The molecular formula is C19H17Cl2FN2O. The Morgan fingerprint density at radius 3 is 2.32 bits per heavy atom. The molecule has 0 fully saturated rings. The van der Waals surface area contributed by atoms with E-state index in [1.807, 2.05) is 13.8 Å². The van der Waals surface area contributed by atoms with Crippen LogP contribution in [0, 0.1) is 31.0 Å². The summed E-state index contributed by atoms with van der Waals surface area (Å²) in [6.45, 7) is 4.04. The van der Waals surface area contributed by atoms with Crippen LogP contribution in [-0.2, 0) is 17.9 Å². The van der Waals surface area contributed by atoms with E-state index in [0.29, 0.717) is 5.56 Å². The second-order valence-corrected chi connectivity index (χ2v) is 6.46. The van der Waals surface area contributed by atoms with Gasteiger partial charge in [0, 0.05) is 17.1 Å². The number of nitriles is 1. The predicted molar refractivity (Wildman–Crippen MR) is 97.0 cm³/mol. The quantitative estimate of drug-likeness (QED) is 0.705. The van der Waals surface area contributed by atoms with Gasteiger partial charge in [0.2, 0.25) is 5.91 Å². The molecule has 0 aliphatic carbocycles. The minimum Gasteiger partial charge on any atom is -0.333 e. The van der Waals surface area contributed by atoms with Gasteiger partial charge in [0.25, 0.3) is 0 Å². The van der Waals surface area contributed by atoms with Crippen molar-refractivity contribution in [2.45, 2.75) is 26.9 Å². The molecule has 0 heterocycles. The summed E-state index contributed by atoms with van der Waals surface area (Å²) in [7, 11) is 0. The number of aryl methyl sites for hydroxylation is 2. The summed E-state index contributed by atoms with van der Waals surface area (Å²) in [4.78, 5) is 13.7. The van der Waals surface area contributed by atoms with Gasteiger partial charge in [-0.25, -0.2) is 4.39 Å². The molecule has 0 aliphatic rings. The Bertz CT molecular complexity index is 803.